The van der Waals surface area contributed by atoms with E-state index in [2.05, 4.69) is 0 Å². The van der Waals surface area contributed by atoms with Crippen molar-refractivity contribution in [2.75, 3.05) is 0 Å². The fourth-order valence-corrected chi connectivity index (χ4v) is 4.42. The number of carbonyl (C=O) groups excluding carboxylic acids is 2. The third-order valence-electron chi connectivity index (χ3n) is 5.86. The summed E-state index contributed by atoms with van der Waals surface area (Å²) in [5.74, 6) is 0.334. The van der Waals surface area contributed by atoms with Crippen LogP contribution in [0.5, 0.6) is 5.75 Å². The largest absolute Gasteiger partial charge is 0.514 e. The first-order valence-corrected chi connectivity index (χ1v) is 11.4. The molecule has 9 nitrogen and oxygen atoms in total. The number of rotatable bonds is 6. The highest BCUT2D eigenvalue weighted by molar-refractivity contribution is 5.89. The molecular weight excluding hydrogens is 452 g/mol. The van der Waals surface area contributed by atoms with Crippen LogP contribution in [0.15, 0.2) is 29.1 Å². The molecule has 9 heteroatoms. The quantitative estimate of drug-likeness (QED) is 0.250. The number of hydrogen-bond acceptors (Lipinski definition) is 8. The van der Waals surface area contributed by atoms with Gasteiger partial charge in [-0.3, -0.25) is 9.59 Å². The fourth-order valence-electron chi connectivity index (χ4n) is 4.42. The van der Waals surface area contributed by atoms with Gasteiger partial charge in [0.15, 0.2) is 0 Å². The lowest BCUT2D eigenvalue weighted by Gasteiger charge is -2.19. The molecule has 0 aliphatic carbocycles. The molecule has 1 aromatic carbocycles. The number of aliphatic hydroxyl groups is 1. The Bertz CT molecular complexity index is 1380. The number of fused-ring (bicyclic) bond motifs is 4. The van der Waals surface area contributed by atoms with E-state index in [0.29, 0.717) is 41.2 Å². The monoisotopic (exact) mass is 480 g/mol. The Hall–Kier alpha value is -3.72. The molecule has 0 spiro atoms. The van der Waals surface area contributed by atoms with Gasteiger partial charge in [-0.05, 0) is 69.5 Å². The number of ether oxygens (including phenoxy) is 3. The maximum atomic E-state index is 13.3. The molecule has 1 atom stereocenters. The molecule has 3 aromatic rings. The molecule has 0 radical (unpaired) electrons. The number of aryl methyl sites for hydroxylation is 1. The van der Waals surface area contributed by atoms with E-state index in [1.165, 1.54) is 0 Å². The second kappa shape index (κ2) is 9.14. The summed E-state index contributed by atoms with van der Waals surface area (Å²) in [5.41, 5.74) is 3.44. The van der Waals surface area contributed by atoms with E-state index in [4.69, 9.17) is 19.2 Å². The van der Waals surface area contributed by atoms with Crippen molar-refractivity contribution in [3.05, 3.63) is 56.9 Å². The molecule has 0 saturated carbocycles. The summed E-state index contributed by atoms with van der Waals surface area (Å²) in [5, 5.41) is 11.1. The average molecular weight is 481 g/mol. The summed E-state index contributed by atoms with van der Waals surface area (Å²) in [6.45, 7) is 9.19. The summed E-state index contributed by atoms with van der Waals surface area (Å²) < 4.78 is 17.0. The Kier molecular flexibility index (Phi) is 6.38. The number of nitrogens with zero attached hydrogens (tertiary/aromatic N) is 2. The predicted molar refractivity (Wildman–Crippen MR) is 128 cm³/mol. The van der Waals surface area contributed by atoms with Crippen LogP contribution in [0.4, 0.5) is 4.79 Å². The summed E-state index contributed by atoms with van der Waals surface area (Å²) in [7, 11) is 0. The zero-order valence-electron chi connectivity index (χ0n) is 20.4. The highest BCUT2D eigenvalue weighted by atomic mass is 16.7. The number of carbonyl (C=O) groups is 2. The Morgan fingerprint density at radius 3 is 2.63 bits per heavy atom. The van der Waals surface area contributed by atoms with Crippen LogP contribution >= 0.6 is 0 Å². The Morgan fingerprint density at radius 1 is 1.26 bits per heavy atom. The lowest BCUT2D eigenvalue weighted by Crippen LogP contribution is -2.26. The van der Waals surface area contributed by atoms with Gasteiger partial charge in [0.1, 0.15) is 18.0 Å². The van der Waals surface area contributed by atoms with E-state index in [0.717, 1.165) is 16.5 Å². The van der Waals surface area contributed by atoms with Crippen molar-refractivity contribution in [1.82, 2.24) is 9.55 Å². The van der Waals surface area contributed by atoms with Crippen LogP contribution in [0.25, 0.3) is 22.3 Å². The van der Waals surface area contributed by atoms with Crippen molar-refractivity contribution in [2.24, 2.45) is 0 Å². The molecule has 0 bridgehead atoms. The first-order chi connectivity index (χ1) is 16.5. The summed E-state index contributed by atoms with van der Waals surface area (Å²) in [6.07, 6.45) is -1.06. The minimum absolute atomic E-state index is 0.222. The zero-order valence-corrected chi connectivity index (χ0v) is 20.4. The van der Waals surface area contributed by atoms with E-state index >= 15 is 0 Å². The van der Waals surface area contributed by atoms with Crippen LogP contribution in [0, 0.1) is 0 Å². The lowest BCUT2D eigenvalue weighted by molar-refractivity contribution is -0.129. The van der Waals surface area contributed by atoms with Crippen LogP contribution in [-0.4, -0.2) is 32.9 Å². The highest BCUT2D eigenvalue weighted by Gasteiger charge is 2.29. The zero-order chi connectivity index (χ0) is 25.5. The number of aromatic nitrogens is 2. The SMILES string of the molecule is CCc1c2c(nc3ccc(OC(=O)OC(C)(C)C)cc13)-c1cc(C(C)O)c(COC=O)c(=O)n1C2. The van der Waals surface area contributed by atoms with E-state index in [-0.39, 0.29) is 24.2 Å². The van der Waals surface area contributed by atoms with E-state index in [1.807, 2.05) is 6.92 Å². The van der Waals surface area contributed by atoms with E-state index < -0.39 is 17.9 Å². The molecule has 0 saturated heterocycles. The summed E-state index contributed by atoms with van der Waals surface area (Å²) >= 11 is 0. The van der Waals surface area contributed by atoms with Crippen molar-refractivity contribution < 1.29 is 28.9 Å². The topological polar surface area (TPSA) is 117 Å². The molecular formula is C26H28N2O7. The summed E-state index contributed by atoms with van der Waals surface area (Å²) in [4.78, 5) is 41.0. The predicted octanol–water partition coefficient (Wildman–Crippen LogP) is 4.03. The maximum absolute atomic E-state index is 13.3. The van der Waals surface area contributed by atoms with Gasteiger partial charge in [-0.1, -0.05) is 6.92 Å². The van der Waals surface area contributed by atoms with Gasteiger partial charge in [0, 0.05) is 10.9 Å². The summed E-state index contributed by atoms with van der Waals surface area (Å²) in [6, 6.07) is 6.90. The molecule has 0 amide bonds. The van der Waals surface area contributed by atoms with Gasteiger partial charge in [0.2, 0.25) is 0 Å². The van der Waals surface area contributed by atoms with E-state index in [9.17, 15) is 19.5 Å². The third kappa shape index (κ3) is 4.64. The number of aliphatic hydroxyl groups excluding tert-OH is 1. The Labute approximate surface area is 202 Å². The number of benzene rings is 1. The average Bonchev–Trinajstić information content (AvgIpc) is 3.13. The van der Waals surface area contributed by atoms with Crippen LogP contribution < -0.4 is 10.3 Å². The normalized spacial score (nSPS) is 13.2. The first-order valence-electron chi connectivity index (χ1n) is 11.4. The molecule has 0 fully saturated rings. The standard InChI is InChI=1S/C26H28N2O7/c1-6-16-18-9-15(34-25(32)35-26(3,4)5)7-8-21(18)27-23-19(16)11-28-22(23)10-17(14(2)30)20(24(28)31)12-33-13-29/h7-10,13-14,30H,6,11-12H2,1-5H3. The molecule has 2 aromatic heterocycles. The van der Waals surface area contributed by atoms with Gasteiger partial charge in [-0.15, -0.1) is 0 Å². The molecule has 35 heavy (non-hydrogen) atoms. The first kappa shape index (κ1) is 24.4. The van der Waals surface area contributed by atoms with Gasteiger partial charge in [0.05, 0.1) is 35.1 Å². The van der Waals surface area contributed by atoms with Crippen LogP contribution in [0.1, 0.15) is 63.0 Å². The molecule has 1 aliphatic heterocycles. The molecule has 4 rings (SSSR count). The number of hydrogen-bond donors (Lipinski definition) is 1. The van der Waals surface area contributed by atoms with Crippen LogP contribution in [-0.2, 0) is 33.8 Å². The molecule has 184 valence electrons. The van der Waals surface area contributed by atoms with Crippen molar-refractivity contribution in [3.63, 3.8) is 0 Å². The Balaban J connectivity index is 1.82. The minimum atomic E-state index is -0.929. The fraction of sp³-hybridized carbons (Fsp3) is 0.385. The smallest absolute Gasteiger partial charge is 0.463 e. The second-order valence-corrected chi connectivity index (χ2v) is 9.45. The minimum Gasteiger partial charge on any atom is -0.463 e. The highest BCUT2D eigenvalue weighted by Crippen LogP contribution is 2.38. The lowest BCUT2D eigenvalue weighted by atomic mass is 9.98. The molecule has 1 unspecified atom stereocenters. The van der Waals surface area contributed by atoms with Crippen LogP contribution in [0.2, 0.25) is 0 Å². The van der Waals surface area contributed by atoms with Gasteiger partial charge >= 0.3 is 6.16 Å². The van der Waals surface area contributed by atoms with Crippen molar-refractivity contribution in [3.8, 4) is 17.1 Å². The van der Waals surface area contributed by atoms with Gasteiger partial charge in [0.25, 0.3) is 12.0 Å². The maximum Gasteiger partial charge on any atom is 0.514 e. The molecule has 1 aliphatic rings. The second-order valence-electron chi connectivity index (χ2n) is 9.45. The van der Waals surface area contributed by atoms with Gasteiger partial charge < -0.3 is 23.9 Å². The van der Waals surface area contributed by atoms with E-state index in [1.54, 1.807) is 56.5 Å². The Morgan fingerprint density at radius 2 is 2.00 bits per heavy atom. The molecule has 1 N–H and O–H groups in total. The van der Waals surface area contributed by atoms with Gasteiger partial charge in [-0.2, -0.15) is 0 Å². The van der Waals surface area contributed by atoms with Crippen LogP contribution in [0.3, 0.4) is 0 Å². The molecule has 3 heterocycles. The van der Waals surface area contributed by atoms with Gasteiger partial charge in [-0.25, -0.2) is 9.78 Å². The van der Waals surface area contributed by atoms with Crippen molar-refractivity contribution in [1.29, 1.82) is 0 Å². The van der Waals surface area contributed by atoms with Crippen molar-refractivity contribution >= 4 is 23.5 Å². The van der Waals surface area contributed by atoms with Crippen molar-refractivity contribution in [2.45, 2.75) is 65.9 Å². The number of pyridine rings is 2. The third-order valence-corrected chi connectivity index (χ3v) is 5.86.